The maximum absolute atomic E-state index is 12.4. The lowest BCUT2D eigenvalue weighted by Crippen LogP contribution is -2.23. The van der Waals surface area contributed by atoms with Gasteiger partial charge in [-0.1, -0.05) is 83.6 Å². The van der Waals surface area contributed by atoms with Gasteiger partial charge < -0.3 is 48.3 Å². The molecule has 0 aliphatic heterocycles. The zero-order chi connectivity index (χ0) is 53.3. The van der Waals surface area contributed by atoms with Crippen LogP contribution in [-0.2, 0) is 54.7 Å². The first kappa shape index (κ1) is 57.6. The van der Waals surface area contributed by atoms with Gasteiger partial charge in [0, 0.05) is 11.1 Å². The molecule has 0 heterocycles. The summed E-state index contributed by atoms with van der Waals surface area (Å²) < 4.78 is 15.7. The van der Waals surface area contributed by atoms with Crippen LogP contribution < -0.4 is 4.74 Å². The third kappa shape index (κ3) is 17.4. The molecule has 2 aliphatic carbocycles. The van der Waals surface area contributed by atoms with E-state index in [9.17, 15) is 14.7 Å². The van der Waals surface area contributed by atoms with Crippen molar-refractivity contribution in [3.8, 4) is 11.5 Å². The van der Waals surface area contributed by atoms with Crippen molar-refractivity contribution in [2.45, 2.75) is 87.7 Å². The molecule has 1 N–H and O–H groups in total. The molecule has 2 aliphatic rings. The lowest BCUT2D eigenvalue weighted by atomic mass is 9.85. The van der Waals surface area contributed by atoms with Crippen LogP contribution in [0.15, 0.2) is 154 Å². The van der Waals surface area contributed by atoms with E-state index >= 15 is 0 Å². The number of hydrogen-bond acceptors (Lipinski definition) is 18. The van der Waals surface area contributed by atoms with Gasteiger partial charge in [-0.15, -0.1) is 0 Å². The molecular formula is C55H68N6O12. The van der Waals surface area contributed by atoms with Crippen molar-refractivity contribution in [1.29, 1.82) is 0 Å². The van der Waals surface area contributed by atoms with E-state index in [0.29, 0.717) is 73.9 Å². The van der Waals surface area contributed by atoms with E-state index in [1.807, 2.05) is 89.2 Å². The van der Waals surface area contributed by atoms with Gasteiger partial charge in [0.15, 0.2) is 11.4 Å². The summed E-state index contributed by atoms with van der Waals surface area (Å²) in [6, 6.07) is 24.1. The van der Waals surface area contributed by atoms with Crippen LogP contribution in [0.5, 0.6) is 11.5 Å². The number of phenolic OH excluding ortho intramolecular Hbond substituents is 1. The summed E-state index contributed by atoms with van der Waals surface area (Å²) in [6.07, 6.45) is 2.32. The minimum Gasteiger partial charge on any atom is -0.508 e. The van der Waals surface area contributed by atoms with Crippen LogP contribution in [0.4, 0.5) is 0 Å². The average Bonchev–Trinajstić information content (AvgIpc) is 3.39. The molecule has 0 saturated carbocycles. The second kappa shape index (κ2) is 30.0. The highest BCUT2D eigenvalue weighted by atomic mass is 16.6. The molecule has 18 heteroatoms. The van der Waals surface area contributed by atoms with Crippen LogP contribution in [0.2, 0.25) is 0 Å². The summed E-state index contributed by atoms with van der Waals surface area (Å²) in [4.78, 5) is 56.6. The molecule has 73 heavy (non-hydrogen) atoms. The van der Waals surface area contributed by atoms with E-state index in [-0.39, 0.29) is 30.4 Å². The van der Waals surface area contributed by atoms with Gasteiger partial charge in [-0.05, 0) is 157 Å². The first-order valence-corrected chi connectivity index (χ1v) is 23.6. The van der Waals surface area contributed by atoms with Gasteiger partial charge in [0.05, 0.1) is 14.2 Å². The number of oxime groups is 6. The number of benzene rings is 3. The minimum absolute atomic E-state index is 0.119. The van der Waals surface area contributed by atoms with Crippen molar-refractivity contribution in [1.82, 2.24) is 0 Å². The Labute approximate surface area is 428 Å². The van der Waals surface area contributed by atoms with Gasteiger partial charge in [-0.2, -0.15) is 0 Å². The molecule has 18 nitrogen and oxygen atoms in total. The monoisotopic (exact) mass is 1000 g/mol. The summed E-state index contributed by atoms with van der Waals surface area (Å²) in [5, 5.41) is 34.4. The molecule has 0 atom stereocenters. The molecule has 0 aromatic heterocycles. The highest BCUT2D eigenvalue weighted by Gasteiger charge is 2.28. The van der Waals surface area contributed by atoms with Gasteiger partial charge in [0.2, 0.25) is 0 Å². The van der Waals surface area contributed by atoms with Crippen molar-refractivity contribution in [3.63, 3.8) is 0 Å². The quantitative estimate of drug-likeness (QED) is 0.0407. The zero-order valence-electron chi connectivity index (χ0n) is 44.0. The van der Waals surface area contributed by atoms with E-state index in [0.717, 1.165) is 50.3 Å². The number of nitrogens with zero attached hydrogens (tertiary/aromatic N) is 6. The van der Waals surface area contributed by atoms with Gasteiger partial charge in [-0.25, -0.2) is 9.59 Å². The minimum atomic E-state index is -0.574. The van der Waals surface area contributed by atoms with Gasteiger partial charge >= 0.3 is 11.9 Å². The molecular weight excluding hydrogens is 937 g/mol. The predicted molar refractivity (Wildman–Crippen MR) is 282 cm³/mol. The van der Waals surface area contributed by atoms with Crippen LogP contribution in [0.1, 0.15) is 97.8 Å². The molecule has 0 radical (unpaired) electrons. The number of rotatable bonds is 23. The Bertz CT molecular complexity index is 2680. The maximum atomic E-state index is 12.4. The highest BCUT2D eigenvalue weighted by molar-refractivity contribution is 6.48. The third-order valence-corrected chi connectivity index (χ3v) is 11.5. The molecule has 390 valence electrons. The Morgan fingerprint density at radius 1 is 0.493 bits per heavy atom. The van der Waals surface area contributed by atoms with E-state index in [4.69, 9.17) is 43.2 Å². The smallest absolute Gasteiger partial charge is 0.360 e. The van der Waals surface area contributed by atoms with Crippen molar-refractivity contribution >= 4 is 46.2 Å². The van der Waals surface area contributed by atoms with E-state index < -0.39 is 11.9 Å². The van der Waals surface area contributed by atoms with E-state index in [1.165, 1.54) is 39.6 Å². The second-order valence-electron chi connectivity index (χ2n) is 16.7. The molecule has 0 saturated heterocycles. The highest BCUT2D eigenvalue weighted by Crippen LogP contribution is 2.33. The first-order valence-electron chi connectivity index (χ1n) is 23.6. The topological polar surface area (TPSA) is 212 Å². The fraction of sp³-hybridized carbons (Fsp3) is 0.382. The molecule has 0 amide bonds. The number of esters is 2. The summed E-state index contributed by atoms with van der Waals surface area (Å²) >= 11 is 0. The first-order chi connectivity index (χ1) is 35.2. The van der Waals surface area contributed by atoms with Crippen LogP contribution in [-0.4, -0.2) is 106 Å². The van der Waals surface area contributed by atoms with Gasteiger partial charge in [0.25, 0.3) is 0 Å². The van der Waals surface area contributed by atoms with Crippen molar-refractivity contribution < 1.29 is 57.9 Å². The average molecular weight is 1010 g/mol. The fourth-order valence-corrected chi connectivity index (χ4v) is 7.31. The Morgan fingerprint density at radius 2 is 0.904 bits per heavy atom. The lowest BCUT2D eigenvalue weighted by molar-refractivity contribution is -0.133. The maximum Gasteiger partial charge on any atom is 0.360 e. The van der Waals surface area contributed by atoms with Crippen LogP contribution in [0, 0.1) is 0 Å². The molecule has 0 fully saturated rings. The number of phenols is 1. The Morgan fingerprint density at radius 3 is 1.30 bits per heavy atom. The molecule has 5 rings (SSSR count). The third-order valence-electron chi connectivity index (χ3n) is 11.5. The number of hydrogen-bond donors (Lipinski definition) is 1. The number of carbonyl (C=O) groups excluding carboxylic acids is 2. The lowest BCUT2D eigenvalue weighted by Gasteiger charge is -2.22. The summed E-state index contributed by atoms with van der Waals surface area (Å²) in [7, 11) is 5.39. The Balaban J connectivity index is 0.000000323. The molecule has 0 unspecified atom stereocenters. The number of methoxy groups -OCH3 is 2. The fourth-order valence-electron chi connectivity index (χ4n) is 7.31. The number of carbonyl (C=O) groups is 2. The summed E-state index contributed by atoms with van der Waals surface area (Å²) in [5.41, 5.74) is 12.8. The van der Waals surface area contributed by atoms with E-state index in [2.05, 4.69) is 37.9 Å². The molecule has 3 aromatic rings. The molecule has 0 spiro atoms. The number of allylic oxidation sites excluding steroid dienone is 4. The van der Waals surface area contributed by atoms with Crippen LogP contribution in [0.3, 0.4) is 0 Å². The summed E-state index contributed by atoms with van der Waals surface area (Å²) in [6.45, 7) is 17.0. The Kier molecular flexibility index (Phi) is 23.7. The molecule has 3 aromatic carbocycles. The van der Waals surface area contributed by atoms with Crippen molar-refractivity contribution in [2.24, 2.45) is 30.9 Å². The van der Waals surface area contributed by atoms with Gasteiger partial charge in [-0.3, -0.25) is 0 Å². The Hall–Kier alpha value is -8.02. The predicted octanol–water partition coefficient (Wildman–Crippen LogP) is 10.1. The van der Waals surface area contributed by atoms with E-state index in [1.54, 1.807) is 38.1 Å². The van der Waals surface area contributed by atoms with Crippen LogP contribution >= 0.6 is 0 Å². The van der Waals surface area contributed by atoms with Crippen LogP contribution in [0.25, 0.3) is 0 Å². The largest absolute Gasteiger partial charge is 0.508 e. The molecule has 0 bridgehead atoms. The van der Waals surface area contributed by atoms with Gasteiger partial charge in [0.1, 0.15) is 81.6 Å². The number of ether oxygens (including phenoxy) is 3. The zero-order valence-corrected chi connectivity index (χ0v) is 44.0. The van der Waals surface area contributed by atoms with Crippen molar-refractivity contribution in [3.05, 3.63) is 140 Å². The second-order valence-corrected chi connectivity index (χ2v) is 16.7. The standard InChI is InChI=1S/C31H37N3O6.C24H31N3O6/c1-7-39-34-29(25-13-15-27(16-14-25)38-19-24-11-9-8-10-12-24)23(4)32-40-20-26-17-21(2)22(3)18-28(26)30(33-37-6)31(35)36-5;1-7-32-27-22(18-8-10-20(28)11-9-18)17(4)25-33-14-19-12-15(2)16(3)13-21(19)23(26-31-6)24(29)30-5/h8-16H,7,17-20H2,1-6H3;8-11,28H,7,12-14H2,1-6H3/b32-23+,33-30+,34-29-;25-17+,26-23+,27-22-. The van der Waals surface area contributed by atoms with Crippen molar-refractivity contribution in [2.75, 3.05) is 54.9 Å². The number of aromatic hydroxyl groups is 1. The summed E-state index contributed by atoms with van der Waals surface area (Å²) in [5.74, 6) is -0.252. The normalized spacial score (nSPS) is 15.1. The SMILES string of the molecule is CCO/N=C(/C(C)=N/OCC1=C(/C(=N\OC)C(=O)OC)CC(C)=C(C)C1)c1ccc(O)cc1.CCO/N=C(/C(C)=N/OCC1=C(/C(=N\OC)C(=O)OC)CC(C)=C(C)C1)c1ccc(OCc2ccccc2)cc1.